The molecule has 0 atom stereocenters. The van der Waals surface area contributed by atoms with Crippen LogP contribution in [0.15, 0.2) is 93.9 Å². The summed E-state index contributed by atoms with van der Waals surface area (Å²) in [6.45, 7) is 2.44. The van der Waals surface area contributed by atoms with E-state index in [1.807, 2.05) is 13.0 Å². The molecule has 0 saturated carbocycles. The molecular weight excluding hydrogens is 460 g/mol. The molecule has 0 radical (unpaired) electrons. The van der Waals surface area contributed by atoms with E-state index in [9.17, 15) is 9.90 Å². The molecule has 1 aromatic heterocycles. The Morgan fingerprint density at radius 1 is 0.939 bits per heavy atom. The van der Waals surface area contributed by atoms with Crippen LogP contribution in [0.25, 0.3) is 11.4 Å². The summed E-state index contributed by atoms with van der Waals surface area (Å²) < 4.78 is 8.05. The Morgan fingerprint density at radius 2 is 1.61 bits per heavy atom. The van der Waals surface area contributed by atoms with Crippen molar-refractivity contribution in [2.75, 3.05) is 6.61 Å². The molecular formula is C24H19ClN4O3S. The van der Waals surface area contributed by atoms with Crippen LogP contribution in [0.1, 0.15) is 6.92 Å². The quantitative estimate of drug-likeness (QED) is 0.252. The lowest BCUT2D eigenvalue weighted by atomic mass is 10.3. The molecule has 9 heteroatoms. The van der Waals surface area contributed by atoms with Crippen molar-refractivity contribution >= 4 is 35.2 Å². The molecule has 4 rings (SSSR count). The second-order valence-electron chi connectivity index (χ2n) is 6.84. The van der Waals surface area contributed by atoms with E-state index in [1.165, 1.54) is 9.13 Å². The maximum Gasteiger partial charge on any atom is 0.290 e. The van der Waals surface area contributed by atoms with Gasteiger partial charge in [-0.1, -0.05) is 41.9 Å². The third-order valence-electron chi connectivity index (χ3n) is 4.73. The van der Waals surface area contributed by atoms with E-state index in [4.69, 9.17) is 28.6 Å². The van der Waals surface area contributed by atoms with Gasteiger partial charge in [-0.2, -0.15) is 5.11 Å². The van der Waals surface area contributed by atoms with Gasteiger partial charge in [-0.25, -0.2) is 0 Å². The Kier molecular flexibility index (Phi) is 6.67. The third-order valence-corrected chi connectivity index (χ3v) is 5.42. The first-order valence-electron chi connectivity index (χ1n) is 10.1. The summed E-state index contributed by atoms with van der Waals surface area (Å²) in [6.07, 6.45) is 0. The van der Waals surface area contributed by atoms with Gasteiger partial charge in [-0.15, -0.1) is 5.11 Å². The van der Waals surface area contributed by atoms with Crippen LogP contribution in [0.3, 0.4) is 0 Å². The number of para-hydroxylation sites is 2. The molecule has 0 aliphatic heterocycles. The largest absolute Gasteiger partial charge is 0.494 e. The SMILES string of the molecule is CCOc1ccc(N=Nc2c(O)n(-c3ccccc3Cl)c(=S)n(-c3ccccc3)c2=O)cc1. The summed E-state index contributed by atoms with van der Waals surface area (Å²) in [7, 11) is 0. The van der Waals surface area contributed by atoms with Crippen LogP contribution in [0, 0.1) is 4.77 Å². The molecule has 7 nitrogen and oxygen atoms in total. The van der Waals surface area contributed by atoms with E-state index < -0.39 is 11.4 Å². The maximum atomic E-state index is 13.4. The van der Waals surface area contributed by atoms with Gasteiger partial charge in [0, 0.05) is 0 Å². The molecule has 0 fully saturated rings. The molecule has 1 N–H and O–H groups in total. The molecule has 3 aromatic carbocycles. The average molecular weight is 479 g/mol. The topological polar surface area (TPSA) is 81.1 Å². The van der Waals surface area contributed by atoms with E-state index in [-0.39, 0.29) is 10.5 Å². The minimum Gasteiger partial charge on any atom is -0.494 e. The first kappa shape index (κ1) is 22.4. The highest BCUT2D eigenvalue weighted by Crippen LogP contribution is 2.32. The Bertz CT molecular complexity index is 1430. The van der Waals surface area contributed by atoms with Crippen molar-refractivity contribution in [1.29, 1.82) is 0 Å². The number of hydrogen-bond acceptors (Lipinski definition) is 6. The maximum absolute atomic E-state index is 13.4. The molecule has 1 heterocycles. The van der Waals surface area contributed by atoms with Crippen molar-refractivity contribution in [2.45, 2.75) is 6.92 Å². The summed E-state index contributed by atoms with van der Waals surface area (Å²) in [4.78, 5) is 13.4. The fourth-order valence-corrected chi connectivity index (χ4v) is 3.80. The lowest BCUT2D eigenvalue weighted by molar-refractivity contribution is 0.340. The third kappa shape index (κ3) is 4.57. The molecule has 0 amide bonds. The fourth-order valence-electron chi connectivity index (χ4n) is 3.21. The van der Waals surface area contributed by atoms with Gasteiger partial charge in [0.25, 0.3) is 5.56 Å². The fraction of sp³-hybridized carbons (Fsp3) is 0.0833. The van der Waals surface area contributed by atoms with Gasteiger partial charge in [0.15, 0.2) is 4.77 Å². The van der Waals surface area contributed by atoms with Gasteiger partial charge < -0.3 is 9.84 Å². The van der Waals surface area contributed by atoms with Crippen molar-refractivity contribution in [3.63, 3.8) is 0 Å². The van der Waals surface area contributed by atoms with Gasteiger partial charge in [0.2, 0.25) is 11.6 Å². The predicted molar refractivity (Wildman–Crippen MR) is 131 cm³/mol. The summed E-state index contributed by atoms with van der Waals surface area (Å²) in [5.74, 6) is 0.234. The Balaban J connectivity index is 1.93. The number of hydrogen-bond donors (Lipinski definition) is 1. The van der Waals surface area contributed by atoms with Crippen LogP contribution < -0.4 is 10.3 Å². The van der Waals surface area contributed by atoms with Crippen LogP contribution >= 0.6 is 23.8 Å². The van der Waals surface area contributed by atoms with E-state index in [1.54, 1.807) is 72.8 Å². The van der Waals surface area contributed by atoms with Crippen molar-refractivity contribution in [3.8, 4) is 23.0 Å². The summed E-state index contributed by atoms with van der Waals surface area (Å²) in [5, 5.41) is 19.6. The molecule has 0 saturated heterocycles. The van der Waals surface area contributed by atoms with E-state index >= 15 is 0 Å². The molecule has 4 aromatic rings. The second-order valence-corrected chi connectivity index (χ2v) is 7.62. The average Bonchev–Trinajstić information content (AvgIpc) is 2.82. The molecule has 0 unspecified atom stereocenters. The first-order valence-corrected chi connectivity index (χ1v) is 10.9. The zero-order chi connectivity index (χ0) is 23.4. The normalized spacial score (nSPS) is 11.1. The number of halogens is 1. The van der Waals surface area contributed by atoms with Gasteiger partial charge in [-0.3, -0.25) is 13.9 Å². The Hall–Kier alpha value is -3.75. The molecule has 0 spiro atoms. The molecule has 0 aliphatic rings. The Morgan fingerprint density at radius 3 is 2.27 bits per heavy atom. The smallest absolute Gasteiger partial charge is 0.290 e. The minimum atomic E-state index is -0.610. The van der Waals surface area contributed by atoms with Crippen LogP contribution in [0.4, 0.5) is 11.4 Å². The number of rotatable bonds is 6. The van der Waals surface area contributed by atoms with Crippen molar-refractivity contribution in [2.24, 2.45) is 10.2 Å². The summed E-state index contributed by atoms with van der Waals surface area (Å²) >= 11 is 12.0. The lowest BCUT2D eigenvalue weighted by Crippen LogP contribution is -2.23. The van der Waals surface area contributed by atoms with Gasteiger partial charge in [0.1, 0.15) is 5.75 Å². The monoisotopic (exact) mass is 478 g/mol. The van der Waals surface area contributed by atoms with Crippen LogP contribution in [-0.2, 0) is 0 Å². The first-order chi connectivity index (χ1) is 16.0. The highest BCUT2D eigenvalue weighted by Gasteiger charge is 2.20. The molecule has 0 aliphatic carbocycles. The lowest BCUT2D eigenvalue weighted by Gasteiger charge is -2.16. The number of azo groups is 1. The number of benzene rings is 3. The number of ether oxygens (including phenoxy) is 1. The predicted octanol–water partition coefficient (Wildman–Crippen LogP) is 6.53. The van der Waals surface area contributed by atoms with Crippen molar-refractivity contribution < 1.29 is 9.84 Å². The Labute approximate surface area is 199 Å². The number of aromatic nitrogens is 2. The number of aromatic hydroxyl groups is 1. The van der Waals surface area contributed by atoms with E-state index in [2.05, 4.69) is 10.2 Å². The second kappa shape index (κ2) is 9.81. The molecule has 166 valence electrons. The zero-order valence-corrected chi connectivity index (χ0v) is 19.1. The van der Waals surface area contributed by atoms with Crippen molar-refractivity contribution in [1.82, 2.24) is 9.13 Å². The van der Waals surface area contributed by atoms with Crippen LogP contribution in [0.2, 0.25) is 5.02 Å². The van der Waals surface area contributed by atoms with E-state index in [0.717, 1.165) is 0 Å². The zero-order valence-electron chi connectivity index (χ0n) is 17.6. The van der Waals surface area contributed by atoms with Gasteiger partial charge in [0.05, 0.1) is 28.7 Å². The highest BCUT2D eigenvalue weighted by atomic mass is 35.5. The molecule has 0 bridgehead atoms. The van der Waals surface area contributed by atoms with Crippen molar-refractivity contribution in [3.05, 3.63) is 99.0 Å². The van der Waals surface area contributed by atoms with E-state index in [0.29, 0.717) is 34.4 Å². The molecule has 33 heavy (non-hydrogen) atoms. The summed E-state index contributed by atoms with van der Waals surface area (Å²) in [5.41, 5.74) is 0.521. The minimum absolute atomic E-state index is 0.0387. The standard InChI is InChI=1S/C24H19ClN4O3S/c1-2-32-18-14-12-16(13-15-18)26-27-21-22(30)28(17-8-4-3-5-9-17)24(33)29(23(21)31)20-11-7-6-10-19(20)25/h3-15,31H,2H2,1H3. The van der Waals surface area contributed by atoms with Crippen LogP contribution in [-0.4, -0.2) is 20.8 Å². The van der Waals surface area contributed by atoms with Gasteiger partial charge >= 0.3 is 0 Å². The van der Waals surface area contributed by atoms with Crippen LogP contribution in [0.5, 0.6) is 11.6 Å². The summed E-state index contributed by atoms with van der Waals surface area (Å²) in [6, 6.07) is 22.6. The van der Waals surface area contributed by atoms with Gasteiger partial charge in [-0.05, 0) is 67.7 Å². The number of nitrogens with zero attached hydrogens (tertiary/aromatic N) is 4. The highest BCUT2D eigenvalue weighted by molar-refractivity contribution is 7.71.